The third-order valence-corrected chi connectivity index (χ3v) is 1.44. The van der Waals surface area contributed by atoms with E-state index < -0.39 is 22.0 Å². The summed E-state index contributed by atoms with van der Waals surface area (Å²) < 4.78 is 53.7. The molecule has 0 aliphatic heterocycles. The molecule has 66 valence electrons. The summed E-state index contributed by atoms with van der Waals surface area (Å²) in [6.45, 7) is -0.483. The summed E-state index contributed by atoms with van der Waals surface area (Å²) in [6, 6.07) is 0. The van der Waals surface area contributed by atoms with Crippen LogP contribution in [-0.2, 0) is 19.7 Å². The van der Waals surface area contributed by atoms with Crippen LogP contribution in [0.15, 0.2) is 0 Å². The molecule has 0 aromatic heterocycles. The third kappa shape index (κ3) is 2.72. The molecule has 0 aromatic carbocycles. The highest BCUT2D eigenvalue weighted by molar-refractivity contribution is 7.90. The number of carbonyl (C=O) groups excluding carboxylic acids is 1. The van der Waals surface area contributed by atoms with E-state index in [1.807, 2.05) is 0 Å². The molecule has 0 aliphatic carbocycles. The minimum atomic E-state index is -5.56. The van der Waals surface area contributed by atoms with Gasteiger partial charge in [-0.05, 0) is 4.89 Å². The second-order valence-corrected chi connectivity index (χ2v) is 2.88. The average Bonchev–Trinajstić information content (AvgIpc) is 1.81. The van der Waals surface area contributed by atoms with Crippen molar-refractivity contribution < 1.29 is 31.2 Å². The summed E-state index contributed by atoms with van der Waals surface area (Å²) in [5.41, 5.74) is -5.48. The fourth-order valence-electron chi connectivity index (χ4n) is 0.130. The van der Waals surface area contributed by atoms with E-state index in [-0.39, 0.29) is 0 Å². The Balaban J connectivity index is 4.37. The first-order valence-corrected chi connectivity index (χ1v) is 3.47. The van der Waals surface area contributed by atoms with Crippen molar-refractivity contribution >= 4 is 16.5 Å². The van der Waals surface area contributed by atoms with Crippen LogP contribution in [0.3, 0.4) is 0 Å². The number of alkyl halides is 3. The minimum Gasteiger partial charge on any atom is -0.358 e. The standard InChI is InChI=1S/C2H2F3NO4S/c3-2(4,5)11(8,9)6-10-1-7/h1,6H. The molecule has 0 saturated heterocycles. The van der Waals surface area contributed by atoms with Crippen molar-refractivity contribution in [2.24, 2.45) is 0 Å². The van der Waals surface area contributed by atoms with Gasteiger partial charge in [-0.2, -0.15) is 21.6 Å². The Morgan fingerprint density at radius 1 is 1.36 bits per heavy atom. The Labute approximate surface area is 59.1 Å². The van der Waals surface area contributed by atoms with Gasteiger partial charge >= 0.3 is 22.0 Å². The summed E-state index contributed by atoms with van der Waals surface area (Å²) in [6.07, 6.45) is 0. The quantitative estimate of drug-likeness (QED) is 0.485. The van der Waals surface area contributed by atoms with Crippen molar-refractivity contribution in [3.05, 3.63) is 0 Å². The van der Waals surface area contributed by atoms with Crippen molar-refractivity contribution in [3.8, 4) is 0 Å². The molecular formula is C2H2F3NO4S. The Hall–Kier alpha value is -0.830. The lowest BCUT2D eigenvalue weighted by Crippen LogP contribution is -2.36. The SMILES string of the molecule is O=CONS(=O)(=O)C(F)(F)F. The fraction of sp³-hybridized carbons (Fsp3) is 0.500. The molecule has 0 bridgehead atoms. The molecule has 0 spiro atoms. The molecule has 9 heteroatoms. The molecule has 0 heterocycles. The third-order valence-electron chi connectivity index (χ3n) is 0.511. The Morgan fingerprint density at radius 2 is 1.82 bits per heavy atom. The number of rotatable bonds is 3. The van der Waals surface area contributed by atoms with Crippen LogP contribution in [0, 0.1) is 0 Å². The Bertz CT molecular complexity index is 230. The van der Waals surface area contributed by atoms with Gasteiger partial charge in [0.2, 0.25) is 0 Å². The van der Waals surface area contributed by atoms with E-state index in [0.717, 1.165) is 0 Å². The lowest BCUT2D eigenvalue weighted by molar-refractivity contribution is -0.132. The number of hydrogen-bond acceptors (Lipinski definition) is 4. The highest BCUT2D eigenvalue weighted by atomic mass is 32.2. The van der Waals surface area contributed by atoms with Crippen molar-refractivity contribution in [1.82, 2.24) is 4.89 Å². The van der Waals surface area contributed by atoms with Crippen molar-refractivity contribution in [2.45, 2.75) is 5.51 Å². The molecule has 0 aromatic rings. The van der Waals surface area contributed by atoms with Gasteiger partial charge < -0.3 is 4.84 Å². The molecule has 0 saturated carbocycles. The van der Waals surface area contributed by atoms with Gasteiger partial charge in [-0.3, -0.25) is 4.79 Å². The topological polar surface area (TPSA) is 72.5 Å². The Kier molecular flexibility index (Phi) is 2.82. The molecule has 5 nitrogen and oxygen atoms in total. The zero-order chi connectivity index (χ0) is 9.12. The number of carbonyl (C=O) groups is 1. The van der Waals surface area contributed by atoms with E-state index in [9.17, 15) is 26.4 Å². The molecule has 0 unspecified atom stereocenters. The first-order valence-electron chi connectivity index (χ1n) is 1.98. The van der Waals surface area contributed by atoms with Crippen LogP contribution < -0.4 is 4.89 Å². The van der Waals surface area contributed by atoms with Gasteiger partial charge in [0.15, 0.2) is 0 Å². The maximum atomic E-state index is 11.3. The smallest absolute Gasteiger partial charge is 0.358 e. The molecule has 0 radical (unpaired) electrons. The predicted molar refractivity (Wildman–Crippen MR) is 25.3 cm³/mol. The first kappa shape index (κ1) is 10.2. The van der Waals surface area contributed by atoms with Crippen molar-refractivity contribution in [3.63, 3.8) is 0 Å². The molecule has 0 fully saturated rings. The largest absolute Gasteiger partial charge is 0.514 e. The van der Waals surface area contributed by atoms with Crippen LogP contribution in [0.4, 0.5) is 13.2 Å². The van der Waals surface area contributed by atoms with Gasteiger partial charge in [-0.25, -0.2) is 0 Å². The fourth-order valence-corrected chi connectivity index (χ4v) is 0.391. The second kappa shape index (κ2) is 3.05. The van der Waals surface area contributed by atoms with Crippen LogP contribution in [0.1, 0.15) is 0 Å². The molecule has 0 amide bonds. The van der Waals surface area contributed by atoms with Crippen LogP contribution >= 0.6 is 0 Å². The van der Waals surface area contributed by atoms with E-state index in [4.69, 9.17) is 0 Å². The number of halogens is 3. The highest BCUT2D eigenvalue weighted by Gasteiger charge is 2.46. The summed E-state index contributed by atoms with van der Waals surface area (Å²) in [5, 5.41) is 0. The lowest BCUT2D eigenvalue weighted by atomic mass is 11.6. The average molecular weight is 193 g/mol. The van der Waals surface area contributed by atoms with Gasteiger partial charge in [-0.15, -0.1) is 0 Å². The van der Waals surface area contributed by atoms with E-state index in [0.29, 0.717) is 4.89 Å². The van der Waals surface area contributed by atoms with Crippen LogP contribution in [0.2, 0.25) is 0 Å². The predicted octanol–water partition coefficient (Wildman–Crippen LogP) is -0.486. The normalized spacial score (nSPS) is 12.6. The van der Waals surface area contributed by atoms with Gasteiger partial charge in [-0.1, -0.05) is 0 Å². The molecule has 1 N–H and O–H groups in total. The van der Waals surface area contributed by atoms with E-state index in [2.05, 4.69) is 4.84 Å². The number of sulfonamides is 1. The van der Waals surface area contributed by atoms with Gasteiger partial charge in [0, 0.05) is 0 Å². The maximum Gasteiger partial charge on any atom is 0.514 e. The highest BCUT2D eigenvalue weighted by Crippen LogP contribution is 2.21. The maximum absolute atomic E-state index is 11.3. The van der Waals surface area contributed by atoms with E-state index in [1.165, 1.54) is 0 Å². The van der Waals surface area contributed by atoms with Gasteiger partial charge in [0.25, 0.3) is 0 Å². The molecular weight excluding hydrogens is 191 g/mol. The molecule has 0 atom stereocenters. The van der Waals surface area contributed by atoms with Crippen molar-refractivity contribution in [1.29, 1.82) is 0 Å². The monoisotopic (exact) mass is 193 g/mol. The van der Waals surface area contributed by atoms with Crippen LogP contribution in [0.5, 0.6) is 0 Å². The van der Waals surface area contributed by atoms with E-state index >= 15 is 0 Å². The minimum absolute atomic E-state index is 0.483. The zero-order valence-corrected chi connectivity index (χ0v) is 5.57. The van der Waals surface area contributed by atoms with Gasteiger partial charge in [0.05, 0.1) is 0 Å². The lowest BCUT2D eigenvalue weighted by Gasteiger charge is -2.05. The summed E-state index contributed by atoms with van der Waals surface area (Å²) in [5.74, 6) is 0. The van der Waals surface area contributed by atoms with Gasteiger partial charge in [0.1, 0.15) is 0 Å². The molecule has 0 aliphatic rings. The van der Waals surface area contributed by atoms with Crippen molar-refractivity contribution in [2.75, 3.05) is 0 Å². The molecule has 11 heavy (non-hydrogen) atoms. The molecule has 0 rings (SSSR count). The summed E-state index contributed by atoms with van der Waals surface area (Å²) in [7, 11) is -5.56. The second-order valence-electron chi connectivity index (χ2n) is 1.25. The zero-order valence-electron chi connectivity index (χ0n) is 4.75. The van der Waals surface area contributed by atoms with Crippen LogP contribution in [-0.4, -0.2) is 20.4 Å². The number of nitrogens with one attached hydrogen (secondary N) is 1. The Morgan fingerprint density at radius 3 is 2.09 bits per heavy atom. The number of hydrogen-bond donors (Lipinski definition) is 1. The first-order chi connectivity index (χ1) is 4.81. The van der Waals surface area contributed by atoms with E-state index in [1.54, 1.807) is 0 Å². The summed E-state index contributed by atoms with van der Waals surface area (Å²) in [4.78, 5) is 13.0. The summed E-state index contributed by atoms with van der Waals surface area (Å²) >= 11 is 0. The van der Waals surface area contributed by atoms with Crippen LogP contribution in [0.25, 0.3) is 0 Å².